The molecule has 0 aromatic carbocycles. The number of thiazole rings is 1. The van der Waals surface area contributed by atoms with Crippen molar-refractivity contribution >= 4 is 28.3 Å². The SMILES string of the molecule is CCCC(=N)Cc1cnc(NC(=O)OC(C)(C)C)s1. The summed E-state index contributed by atoms with van der Waals surface area (Å²) < 4.78 is 5.14. The standard InChI is InChI=1S/C13H21N3O2S/c1-5-6-9(14)7-10-8-15-11(19-10)16-12(17)18-13(2,3)4/h8,14H,5-7H2,1-4H3,(H,15,16,17). The van der Waals surface area contributed by atoms with Gasteiger partial charge in [0.15, 0.2) is 5.13 Å². The van der Waals surface area contributed by atoms with Crippen molar-refractivity contribution in [2.45, 2.75) is 52.6 Å². The lowest BCUT2D eigenvalue weighted by molar-refractivity contribution is 0.0636. The Bertz CT molecular complexity index is 449. The Hall–Kier alpha value is -1.43. The molecule has 6 heteroatoms. The first kappa shape index (κ1) is 15.6. The van der Waals surface area contributed by atoms with Crippen LogP contribution >= 0.6 is 11.3 Å². The fourth-order valence-corrected chi connectivity index (χ4v) is 2.28. The molecule has 0 saturated heterocycles. The third kappa shape index (κ3) is 6.33. The van der Waals surface area contributed by atoms with E-state index in [1.54, 1.807) is 6.20 Å². The third-order valence-corrected chi connectivity index (χ3v) is 3.01. The highest BCUT2D eigenvalue weighted by molar-refractivity contribution is 7.15. The summed E-state index contributed by atoms with van der Waals surface area (Å²) in [5.41, 5.74) is 0.169. The average molecular weight is 283 g/mol. The first-order chi connectivity index (χ1) is 8.80. The minimum absolute atomic E-state index is 0.503. The fraction of sp³-hybridized carbons (Fsp3) is 0.615. The number of rotatable bonds is 5. The first-order valence-corrected chi connectivity index (χ1v) is 7.13. The molecule has 19 heavy (non-hydrogen) atoms. The van der Waals surface area contributed by atoms with Crippen molar-refractivity contribution in [2.75, 3.05) is 5.32 Å². The molecule has 106 valence electrons. The van der Waals surface area contributed by atoms with Crippen molar-refractivity contribution in [3.63, 3.8) is 0 Å². The molecule has 0 fully saturated rings. The molecular formula is C13H21N3O2S. The number of ether oxygens (including phenoxy) is 1. The van der Waals surface area contributed by atoms with E-state index in [1.165, 1.54) is 11.3 Å². The topological polar surface area (TPSA) is 75.1 Å². The highest BCUT2D eigenvalue weighted by Crippen LogP contribution is 2.20. The van der Waals surface area contributed by atoms with Gasteiger partial charge in [0.25, 0.3) is 0 Å². The van der Waals surface area contributed by atoms with Crippen molar-refractivity contribution in [3.05, 3.63) is 11.1 Å². The van der Waals surface area contributed by atoms with Crippen LogP contribution in [0.15, 0.2) is 6.20 Å². The Morgan fingerprint density at radius 2 is 2.21 bits per heavy atom. The van der Waals surface area contributed by atoms with Crippen LogP contribution in [0.5, 0.6) is 0 Å². The van der Waals surface area contributed by atoms with Crippen LogP contribution in [0.3, 0.4) is 0 Å². The molecule has 0 aliphatic heterocycles. The highest BCUT2D eigenvalue weighted by atomic mass is 32.1. The number of hydrogen-bond donors (Lipinski definition) is 2. The second-order valence-electron chi connectivity index (χ2n) is 5.29. The van der Waals surface area contributed by atoms with Crippen LogP contribution in [-0.2, 0) is 11.2 Å². The molecule has 0 spiro atoms. The van der Waals surface area contributed by atoms with Crippen molar-refractivity contribution in [1.82, 2.24) is 4.98 Å². The summed E-state index contributed by atoms with van der Waals surface area (Å²) in [6.07, 6.45) is 3.56. The van der Waals surface area contributed by atoms with Gasteiger partial charge in [0.05, 0.1) is 0 Å². The maximum absolute atomic E-state index is 11.6. The summed E-state index contributed by atoms with van der Waals surface area (Å²) in [6.45, 7) is 7.49. The lowest BCUT2D eigenvalue weighted by Crippen LogP contribution is -2.27. The van der Waals surface area contributed by atoms with E-state index in [2.05, 4.69) is 17.2 Å². The monoisotopic (exact) mass is 283 g/mol. The third-order valence-electron chi connectivity index (χ3n) is 2.10. The second kappa shape index (κ2) is 6.65. The van der Waals surface area contributed by atoms with E-state index in [1.807, 2.05) is 20.8 Å². The average Bonchev–Trinajstić information content (AvgIpc) is 2.62. The van der Waals surface area contributed by atoms with E-state index in [0.717, 1.165) is 17.7 Å². The molecule has 0 aliphatic carbocycles. The van der Waals surface area contributed by atoms with Crippen molar-refractivity contribution < 1.29 is 9.53 Å². The smallest absolute Gasteiger partial charge is 0.413 e. The van der Waals surface area contributed by atoms with Gasteiger partial charge in [0.2, 0.25) is 0 Å². The van der Waals surface area contributed by atoms with E-state index in [0.29, 0.717) is 17.3 Å². The van der Waals surface area contributed by atoms with E-state index >= 15 is 0 Å². The molecule has 0 saturated carbocycles. The summed E-state index contributed by atoms with van der Waals surface area (Å²) in [7, 11) is 0. The Morgan fingerprint density at radius 3 is 2.79 bits per heavy atom. The zero-order valence-electron chi connectivity index (χ0n) is 11.9. The van der Waals surface area contributed by atoms with E-state index in [9.17, 15) is 4.79 Å². The largest absolute Gasteiger partial charge is 0.444 e. The van der Waals surface area contributed by atoms with Crippen molar-refractivity contribution in [1.29, 1.82) is 5.41 Å². The first-order valence-electron chi connectivity index (χ1n) is 6.31. The Balaban J connectivity index is 2.51. The van der Waals surface area contributed by atoms with E-state index < -0.39 is 11.7 Å². The van der Waals surface area contributed by atoms with Gasteiger partial charge in [-0.2, -0.15) is 0 Å². The molecule has 1 rings (SSSR count). The van der Waals surface area contributed by atoms with Crippen LogP contribution in [0.2, 0.25) is 0 Å². The maximum Gasteiger partial charge on any atom is 0.413 e. The number of anilines is 1. The van der Waals surface area contributed by atoms with Gasteiger partial charge in [-0.25, -0.2) is 9.78 Å². The second-order valence-corrected chi connectivity index (χ2v) is 6.40. The number of nitrogens with one attached hydrogen (secondary N) is 2. The highest BCUT2D eigenvalue weighted by Gasteiger charge is 2.17. The van der Waals surface area contributed by atoms with Gasteiger partial charge < -0.3 is 10.1 Å². The van der Waals surface area contributed by atoms with Gasteiger partial charge in [-0.3, -0.25) is 5.32 Å². The molecule has 0 unspecified atom stereocenters. The van der Waals surface area contributed by atoms with Gasteiger partial charge in [0.1, 0.15) is 5.60 Å². The lowest BCUT2D eigenvalue weighted by Gasteiger charge is -2.18. The zero-order chi connectivity index (χ0) is 14.5. The quantitative estimate of drug-likeness (QED) is 0.806. The molecule has 1 heterocycles. The van der Waals surface area contributed by atoms with Crippen LogP contribution in [0, 0.1) is 5.41 Å². The molecule has 1 aromatic heterocycles. The zero-order valence-corrected chi connectivity index (χ0v) is 12.7. The summed E-state index contributed by atoms with van der Waals surface area (Å²) in [5.74, 6) is 0. The Morgan fingerprint density at radius 1 is 1.53 bits per heavy atom. The molecule has 5 nitrogen and oxygen atoms in total. The maximum atomic E-state index is 11.6. The van der Waals surface area contributed by atoms with Crippen LogP contribution in [0.4, 0.5) is 9.93 Å². The van der Waals surface area contributed by atoms with E-state index in [4.69, 9.17) is 10.1 Å². The van der Waals surface area contributed by atoms with Crippen LogP contribution in [0.1, 0.15) is 45.4 Å². The van der Waals surface area contributed by atoms with E-state index in [-0.39, 0.29) is 0 Å². The number of nitrogens with zero attached hydrogens (tertiary/aromatic N) is 1. The van der Waals surface area contributed by atoms with Gasteiger partial charge in [-0.15, -0.1) is 11.3 Å². The van der Waals surface area contributed by atoms with Crippen molar-refractivity contribution in [3.8, 4) is 0 Å². The molecule has 1 amide bonds. The summed E-state index contributed by atoms with van der Waals surface area (Å²) in [4.78, 5) is 16.6. The number of aromatic nitrogens is 1. The summed E-state index contributed by atoms with van der Waals surface area (Å²) >= 11 is 1.38. The van der Waals surface area contributed by atoms with Crippen LogP contribution in [-0.4, -0.2) is 22.4 Å². The van der Waals surface area contributed by atoms with Gasteiger partial charge >= 0.3 is 6.09 Å². The Labute approximate surface area is 117 Å². The molecular weight excluding hydrogens is 262 g/mol. The molecule has 0 bridgehead atoms. The summed E-state index contributed by atoms with van der Waals surface area (Å²) in [5, 5.41) is 10.9. The fourth-order valence-electron chi connectivity index (χ4n) is 1.44. The Kier molecular flexibility index (Phi) is 5.47. The van der Waals surface area contributed by atoms with Gasteiger partial charge in [-0.1, -0.05) is 13.3 Å². The lowest BCUT2D eigenvalue weighted by atomic mass is 10.1. The van der Waals surface area contributed by atoms with Gasteiger partial charge in [0, 0.05) is 23.2 Å². The molecule has 2 N–H and O–H groups in total. The molecule has 0 atom stereocenters. The number of amides is 1. The van der Waals surface area contributed by atoms with Crippen LogP contribution < -0.4 is 5.32 Å². The predicted molar refractivity (Wildman–Crippen MR) is 78.3 cm³/mol. The minimum Gasteiger partial charge on any atom is -0.444 e. The predicted octanol–water partition coefficient (Wildman–Crippen LogP) is 3.85. The van der Waals surface area contributed by atoms with Gasteiger partial charge in [-0.05, 0) is 27.2 Å². The number of hydrogen-bond acceptors (Lipinski definition) is 5. The number of carbonyl (C=O) groups excluding carboxylic acids is 1. The van der Waals surface area contributed by atoms with Crippen molar-refractivity contribution in [2.24, 2.45) is 0 Å². The minimum atomic E-state index is -0.520. The molecule has 1 aromatic rings. The normalized spacial score (nSPS) is 11.2. The molecule has 0 aliphatic rings. The summed E-state index contributed by atoms with van der Waals surface area (Å²) in [6, 6.07) is 0. The molecule has 0 radical (unpaired) electrons. The van der Waals surface area contributed by atoms with Crippen LogP contribution in [0.25, 0.3) is 0 Å². The number of carbonyl (C=O) groups is 1.